The van der Waals surface area contributed by atoms with Crippen LogP contribution in [0.4, 0.5) is 0 Å². The molecule has 0 fully saturated rings. The molecule has 0 aliphatic rings. The van der Waals surface area contributed by atoms with Gasteiger partial charge in [0, 0.05) is 5.92 Å². The minimum Gasteiger partial charge on any atom is -0.369 e. The lowest BCUT2D eigenvalue weighted by Crippen LogP contribution is -2.23. The molecule has 0 bridgehead atoms. The average Bonchev–Trinajstić information content (AvgIpc) is 2.47. The predicted octanol–water partition coefficient (Wildman–Crippen LogP) is 5.00. The van der Waals surface area contributed by atoms with Crippen molar-refractivity contribution in [1.29, 1.82) is 0 Å². The number of hydrogen-bond acceptors (Lipinski definition) is 1. The number of primary amides is 1. The number of carbonyl (C=O) groups is 1. The first-order chi connectivity index (χ1) is 10.2. The largest absolute Gasteiger partial charge is 0.369 e. The minimum absolute atomic E-state index is 0.189. The Morgan fingerprint density at radius 2 is 1.19 bits per heavy atom. The monoisotopic (exact) mass is 298 g/mol. The van der Waals surface area contributed by atoms with Gasteiger partial charge in [-0.1, -0.05) is 84.0 Å². The zero-order valence-corrected chi connectivity index (χ0v) is 14.1. The van der Waals surface area contributed by atoms with Crippen LogP contribution in [0.2, 0.25) is 0 Å². The SMILES string of the molecule is CCCCCCCCCCCCCCC(CC[O])C(N)=O. The third-order valence-corrected chi connectivity index (χ3v) is 4.27. The number of hydrogen-bond donors (Lipinski definition) is 1. The van der Waals surface area contributed by atoms with Gasteiger partial charge in [0.05, 0.1) is 6.61 Å². The molecule has 2 N–H and O–H groups in total. The summed E-state index contributed by atoms with van der Waals surface area (Å²) < 4.78 is 0. The second kappa shape index (κ2) is 15.8. The fourth-order valence-electron chi connectivity index (χ4n) is 2.80. The molecule has 0 aliphatic heterocycles. The lowest BCUT2D eigenvalue weighted by Gasteiger charge is -2.10. The van der Waals surface area contributed by atoms with E-state index in [9.17, 15) is 9.90 Å². The zero-order chi connectivity index (χ0) is 15.8. The molecule has 0 aromatic heterocycles. The highest BCUT2D eigenvalue weighted by molar-refractivity contribution is 5.76. The second-order valence-electron chi connectivity index (χ2n) is 6.27. The molecule has 21 heavy (non-hydrogen) atoms. The number of rotatable bonds is 16. The number of amides is 1. The van der Waals surface area contributed by atoms with Crippen molar-refractivity contribution in [2.75, 3.05) is 6.61 Å². The maximum absolute atomic E-state index is 11.1. The molecule has 125 valence electrons. The molecule has 0 spiro atoms. The molecule has 1 amide bonds. The van der Waals surface area contributed by atoms with E-state index in [-0.39, 0.29) is 18.4 Å². The lowest BCUT2D eigenvalue weighted by atomic mass is 9.97. The van der Waals surface area contributed by atoms with Crippen LogP contribution in [0.1, 0.15) is 96.8 Å². The van der Waals surface area contributed by atoms with Gasteiger partial charge in [-0.25, -0.2) is 5.11 Å². The molecule has 0 aliphatic carbocycles. The Balaban J connectivity index is 3.23. The number of unbranched alkanes of at least 4 members (excludes halogenated alkanes) is 11. The van der Waals surface area contributed by atoms with Crippen molar-refractivity contribution in [2.24, 2.45) is 11.7 Å². The summed E-state index contributed by atoms with van der Waals surface area (Å²) in [5.74, 6) is -0.487. The number of carbonyl (C=O) groups excluding carboxylic acids is 1. The van der Waals surface area contributed by atoms with Gasteiger partial charge in [-0.05, 0) is 12.8 Å². The van der Waals surface area contributed by atoms with Gasteiger partial charge in [0.15, 0.2) is 0 Å². The molecule has 0 saturated heterocycles. The second-order valence-corrected chi connectivity index (χ2v) is 6.27. The normalized spacial score (nSPS) is 12.5. The Bertz CT molecular complexity index is 231. The van der Waals surface area contributed by atoms with Crippen molar-refractivity contribution in [3.63, 3.8) is 0 Å². The Morgan fingerprint density at radius 3 is 1.57 bits per heavy atom. The van der Waals surface area contributed by atoms with E-state index in [1.54, 1.807) is 0 Å². The van der Waals surface area contributed by atoms with Crippen LogP contribution < -0.4 is 5.73 Å². The number of nitrogens with two attached hydrogens (primary N) is 1. The summed E-state index contributed by atoms with van der Waals surface area (Å²) in [5, 5.41) is 10.6. The maximum atomic E-state index is 11.1. The van der Waals surface area contributed by atoms with Crippen molar-refractivity contribution in [3.8, 4) is 0 Å². The molecular formula is C18H36NO2. The molecule has 0 aromatic rings. The molecule has 0 rings (SSSR count). The van der Waals surface area contributed by atoms with Gasteiger partial charge in [0.2, 0.25) is 5.91 Å². The molecule has 1 atom stereocenters. The highest BCUT2D eigenvalue weighted by atomic mass is 16.3. The van der Waals surface area contributed by atoms with Gasteiger partial charge in [-0.2, -0.15) is 0 Å². The van der Waals surface area contributed by atoms with Crippen molar-refractivity contribution < 1.29 is 9.90 Å². The molecular weight excluding hydrogens is 262 g/mol. The first-order valence-corrected chi connectivity index (χ1v) is 9.09. The van der Waals surface area contributed by atoms with E-state index in [0.717, 1.165) is 12.8 Å². The summed E-state index contributed by atoms with van der Waals surface area (Å²) in [6.45, 7) is 2.07. The van der Waals surface area contributed by atoms with E-state index in [1.807, 2.05) is 0 Å². The third-order valence-electron chi connectivity index (χ3n) is 4.27. The first kappa shape index (κ1) is 20.4. The zero-order valence-electron chi connectivity index (χ0n) is 14.1. The summed E-state index contributed by atoms with van der Waals surface area (Å²) in [6, 6.07) is 0. The van der Waals surface area contributed by atoms with Gasteiger partial charge < -0.3 is 5.73 Å². The Hall–Kier alpha value is -0.570. The van der Waals surface area contributed by atoms with Crippen LogP contribution in [-0.4, -0.2) is 12.5 Å². The molecule has 1 radical (unpaired) electrons. The van der Waals surface area contributed by atoms with Gasteiger partial charge in [0.1, 0.15) is 0 Å². The van der Waals surface area contributed by atoms with E-state index in [2.05, 4.69) is 6.92 Å². The standard InChI is InChI=1S/C18H36NO2/c1-2-3-4-5-6-7-8-9-10-11-12-13-14-17(15-16-20)18(19)21/h17H,2-16H2,1H3,(H2,19,21). The van der Waals surface area contributed by atoms with Gasteiger partial charge in [-0.15, -0.1) is 0 Å². The van der Waals surface area contributed by atoms with Crippen LogP contribution >= 0.6 is 0 Å². The Morgan fingerprint density at radius 1 is 0.762 bits per heavy atom. The lowest BCUT2D eigenvalue weighted by molar-refractivity contribution is -0.122. The topological polar surface area (TPSA) is 63.0 Å². The fourth-order valence-corrected chi connectivity index (χ4v) is 2.80. The van der Waals surface area contributed by atoms with Gasteiger partial charge in [0.25, 0.3) is 0 Å². The van der Waals surface area contributed by atoms with Crippen molar-refractivity contribution in [2.45, 2.75) is 96.8 Å². The molecule has 0 aromatic carbocycles. The van der Waals surface area contributed by atoms with Crippen molar-refractivity contribution >= 4 is 5.91 Å². The van der Waals surface area contributed by atoms with Crippen LogP contribution in [0, 0.1) is 5.92 Å². The van der Waals surface area contributed by atoms with E-state index < -0.39 is 0 Å². The molecule has 1 unspecified atom stereocenters. The molecule has 3 nitrogen and oxygen atoms in total. The Kier molecular flexibility index (Phi) is 15.4. The highest BCUT2D eigenvalue weighted by Crippen LogP contribution is 2.16. The molecule has 3 heteroatoms. The quantitative estimate of drug-likeness (QED) is 0.400. The fraction of sp³-hybridized carbons (Fsp3) is 0.944. The van der Waals surface area contributed by atoms with E-state index in [1.165, 1.54) is 70.6 Å². The summed E-state index contributed by atoms with van der Waals surface area (Å²) in [6.07, 6.45) is 17.0. The maximum Gasteiger partial charge on any atom is 0.220 e. The Labute approximate surface area is 131 Å². The summed E-state index contributed by atoms with van der Waals surface area (Å²) in [4.78, 5) is 11.1. The minimum atomic E-state index is -0.297. The third kappa shape index (κ3) is 14.1. The molecule has 0 saturated carbocycles. The van der Waals surface area contributed by atoms with Crippen molar-refractivity contribution in [3.05, 3.63) is 0 Å². The van der Waals surface area contributed by atoms with Crippen LogP contribution in [0.3, 0.4) is 0 Å². The predicted molar refractivity (Wildman–Crippen MR) is 88.5 cm³/mol. The highest BCUT2D eigenvalue weighted by Gasteiger charge is 2.13. The van der Waals surface area contributed by atoms with Gasteiger partial charge >= 0.3 is 0 Å². The van der Waals surface area contributed by atoms with E-state index in [0.29, 0.717) is 6.42 Å². The van der Waals surface area contributed by atoms with Crippen LogP contribution in [0.5, 0.6) is 0 Å². The van der Waals surface area contributed by atoms with E-state index in [4.69, 9.17) is 5.73 Å². The molecule has 0 heterocycles. The van der Waals surface area contributed by atoms with Crippen molar-refractivity contribution in [1.82, 2.24) is 0 Å². The smallest absolute Gasteiger partial charge is 0.220 e. The van der Waals surface area contributed by atoms with Crippen LogP contribution in [0.15, 0.2) is 0 Å². The summed E-state index contributed by atoms with van der Waals surface area (Å²) in [5.41, 5.74) is 5.28. The summed E-state index contributed by atoms with van der Waals surface area (Å²) in [7, 11) is 0. The van der Waals surface area contributed by atoms with Crippen LogP contribution in [0.25, 0.3) is 0 Å². The van der Waals surface area contributed by atoms with E-state index >= 15 is 0 Å². The van der Waals surface area contributed by atoms with Gasteiger partial charge in [-0.3, -0.25) is 4.79 Å². The summed E-state index contributed by atoms with van der Waals surface area (Å²) >= 11 is 0. The average molecular weight is 298 g/mol. The van der Waals surface area contributed by atoms with Crippen LogP contribution in [-0.2, 0) is 9.90 Å². The first-order valence-electron chi connectivity index (χ1n) is 9.09.